The Labute approximate surface area is 80.7 Å². The molecule has 0 nitrogen and oxygen atoms in total. The minimum absolute atomic E-state index is 0.477. The van der Waals surface area contributed by atoms with Crippen molar-refractivity contribution in [2.45, 2.75) is 46.0 Å². The number of hydrogen-bond acceptors (Lipinski definition) is 0. The Morgan fingerprint density at radius 2 is 1.54 bits per heavy atom. The van der Waals surface area contributed by atoms with E-state index in [-0.39, 0.29) is 0 Å². The largest absolute Gasteiger partial charge is 0.0838 e. The molecule has 0 N–H and O–H groups in total. The van der Waals surface area contributed by atoms with Gasteiger partial charge < -0.3 is 0 Å². The average molecular weight is 174 g/mol. The second-order valence-corrected chi connectivity index (χ2v) is 5.41. The van der Waals surface area contributed by atoms with Gasteiger partial charge in [0.2, 0.25) is 0 Å². The average Bonchev–Trinajstić information content (AvgIpc) is 2.53. The Morgan fingerprint density at radius 1 is 1.00 bits per heavy atom. The Kier molecular flexibility index (Phi) is 1.27. The van der Waals surface area contributed by atoms with Crippen LogP contribution in [0.5, 0.6) is 0 Å². The smallest absolute Gasteiger partial charge is 0.0152 e. The third kappa shape index (κ3) is 0.697. The minimum atomic E-state index is 0.477. The van der Waals surface area contributed by atoms with Crippen LogP contribution in [0, 0.1) is 10.8 Å². The summed E-state index contributed by atoms with van der Waals surface area (Å²) < 4.78 is 0. The zero-order chi connectivity index (χ0) is 9.10. The number of rotatable bonds is 0. The van der Waals surface area contributed by atoms with Crippen LogP contribution in [0.1, 0.15) is 46.0 Å². The lowest BCUT2D eigenvalue weighted by Crippen LogP contribution is -2.34. The Hall–Kier alpha value is -0.520. The van der Waals surface area contributed by atoms with Gasteiger partial charge in [-0.15, -0.1) is 0 Å². The first-order valence-corrected chi connectivity index (χ1v) is 5.56. The summed E-state index contributed by atoms with van der Waals surface area (Å²) >= 11 is 0. The third-order valence-corrected chi connectivity index (χ3v) is 4.98. The molecule has 3 aliphatic rings. The van der Waals surface area contributed by atoms with Crippen LogP contribution in [0.25, 0.3) is 0 Å². The lowest BCUT2D eigenvalue weighted by atomic mass is 9.61. The van der Waals surface area contributed by atoms with Crippen LogP contribution >= 0.6 is 0 Å². The molecule has 3 rings (SSSR count). The van der Waals surface area contributed by atoms with Crippen LogP contribution in [-0.2, 0) is 0 Å². The van der Waals surface area contributed by atoms with Gasteiger partial charge in [-0.1, -0.05) is 37.1 Å². The first-order valence-electron chi connectivity index (χ1n) is 5.56. The van der Waals surface area contributed by atoms with Crippen molar-refractivity contribution in [3.05, 3.63) is 23.3 Å². The van der Waals surface area contributed by atoms with Gasteiger partial charge in [0.05, 0.1) is 0 Å². The molecule has 0 unspecified atom stereocenters. The first kappa shape index (κ1) is 7.84. The highest BCUT2D eigenvalue weighted by molar-refractivity contribution is 5.43. The van der Waals surface area contributed by atoms with E-state index in [4.69, 9.17) is 0 Å². The SMILES string of the molecule is CC12CC=C3CCCC(=CC1)C32C. The van der Waals surface area contributed by atoms with E-state index in [1.807, 2.05) is 0 Å². The third-order valence-electron chi connectivity index (χ3n) is 4.98. The molecule has 13 heavy (non-hydrogen) atoms. The second-order valence-electron chi connectivity index (χ2n) is 5.41. The van der Waals surface area contributed by atoms with E-state index in [1.165, 1.54) is 32.1 Å². The van der Waals surface area contributed by atoms with Crippen molar-refractivity contribution in [1.82, 2.24) is 0 Å². The lowest BCUT2D eigenvalue weighted by molar-refractivity contribution is 0.181. The molecular weight excluding hydrogens is 156 g/mol. The van der Waals surface area contributed by atoms with Crippen LogP contribution in [0.4, 0.5) is 0 Å². The highest BCUT2D eigenvalue weighted by Crippen LogP contribution is 2.66. The van der Waals surface area contributed by atoms with Crippen molar-refractivity contribution in [3.63, 3.8) is 0 Å². The van der Waals surface area contributed by atoms with Gasteiger partial charge in [0, 0.05) is 5.41 Å². The van der Waals surface area contributed by atoms with E-state index >= 15 is 0 Å². The molecule has 3 aliphatic carbocycles. The van der Waals surface area contributed by atoms with Crippen LogP contribution in [0.2, 0.25) is 0 Å². The summed E-state index contributed by atoms with van der Waals surface area (Å²) in [6, 6.07) is 0. The predicted octanol–water partition coefficient (Wildman–Crippen LogP) is 3.84. The Bertz CT molecular complexity index is 293. The van der Waals surface area contributed by atoms with Crippen molar-refractivity contribution >= 4 is 0 Å². The van der Waals surface area contributed by atoms with E-state index in [0.29, 0.717) is 10.8 Å². The summed E-state index contributed by atoms with van der Waals surface area (Å²) in [6.45, 7) is 4.97. The van der Waals surface area contributed by atoms with Crippen molar-refractivity contribution in [2.24, 2.45) is 10.8 Å². The van der Waals surface area contributed by atoms with Crippen molar-refractivity contribution in [2.75, 3.05) is 0 Å². The summed E-state index contributed by atoms with van der Waals surface area (Å²) in [5, 5.41) is 0. The molecule has 0 atom stereocenters. The summed E-state index contributed by atoms with van der Waals surface area (Å²) in [6.07, 6.45) is 11.8. The maximum Gasteiger partial charge on any atom is 0.0152 e. The lowest BCUT2D eigenvalue weighted by Gasteiger charge is -2.43. The van der Waals surface area contributed by atoms with Gasteiger partial charge in [0.15, 0.2) is 0 Å². The second kappa shape index (κ2) is 2.10. The maximum absolute atomic E-state index is 2.53. The van der Waals surface area contributed by atoms with Crippen LogP contribution in [-0.4, -0.2) is 0 Å². The molecule has 0 spiro atoms. The quantitative estimate of drug-likeness (QED) is 0.489. The standard InChI is InChI=1S/C13H18/c1-12-8-6-10-4-3-5-11(7-9-12)13(10,12)2/h6-7H,3-5,8-9H2,1-2H3. The van der Waals surface area contributed by atoms with Crippen molar-refractivity contribution < 1.29 is 0 Å². The molecule has 0 aliphatic heterocycles. The van der Waals surface area contributed by atoms with Crippen molar-refractivity contribution in [3.8, 4) is 0 Å². The van der Waals surface area contributed by atoms with E-state index in [1.54, 1.807) is 11.1 Å². The van der Waals surface area contributed by atoms with Crippen molar-refractivity contribution in [1.29, 1.82) is 0 Å². The molecule has 0 saturated heterocycles. The monoisotopic (exact) mass is 174 g/mol. The molecule has 0 heterocycles. The zero-order valence-electron chi connectivity index (χ0n) is 8.69. The number of hydrogen-bond donors (Lipinski definition) is 0. The highest BCUT2D eigenvalue weighted by Gasteiger charge is 2.55. The van der Waals surface area contributed by atoms with E-state index < -0.39 is 0 Å². The number of allylic oxidation sites excluding steroid dienone is 4. The molecule has 1 saturated carbocycles. The highest BCUT2D eigenvalue weighted by atomic mass is 14.6. The van der Waals surface area contributed by atoms with E-state index in [0.717, 1.165) is 0 Å². The fourth-order valence-corrected chi connectivity index (χ4v) is 3.75. The van der Waals surface area contributed by atoms with Gasteiger partial charge in [0.1, 0.15) is 0 Å². The van der Waals surface area contributed by atoms with Crippen LogP contribution in [0.15, 0.2) is 23.3 Å². The van der Waals surface area contributed by atoms with Gasteiger partial charge in [-0.2, -0.15) is 0 Å². The van der Waals surface area contributed by atoms with Gasteiger partial charge in [-0.3, -0.25) is 0 Å². The van der Waals surface area contributed by atoms with E-state index in [2.05, 4.69) is 26.0 Å². The summed E-state index contributed by atoms with van der Waals surface area (Å²) in [5.74, 6) is 0. The molecule has 0 radical (unpaired) electrons. The molecule has 0 heteroatoms. The molecule has 0 bridgehead atoms. The van der Waals surface area contributed by atoms with Crippen LogP contribution in [0.3, 0.4) is 0 Å². The van der Waals surface area contributed by atoms with E-state index in [9.17, 15) is 0 Å². The maximum atomic E-state index is 2.53. The van der Waals surface area contributed by atoms with Gasteiger partial charge in [-0.05, 0) is 37.5 Å². The molecule has 70 valence electrons. The molecule has 0 amide bonds. The zero-order valence-corrected chi connectivity index (χ0v) is 8.69. The van der Waals surface area contributed by atoms with Gasteiger partial charge in [0.25, 0.3) is 0 Å². The summed E-state index contributed by atoms with van der Waals surface area (Å²) in [4.78, 5) is 0. The summed E-state index contributed by atoms with van der Waals surface area (Å²) in [7, 11) is 0. The van der Waals surface area contributed by atoms with Gasteiger partial charge in [-0.25, -0.2) is 0 Å². The predicted molar refractivity (Wildman–Crippen MR) is 55.5 cm³/mol. The molecule has 0 aromatic carbocycles. The first-order chi connectivity index (χ1) is 6.17. The Balaban J connectivity index is 2.17. The Morgan fingerprint density at radius 3 is 2.08 bits per heavy atom. The fourth-order valence-electron chi connectivity index (χ4n) is 3.75. The minimum Gasteiger partial charge on any atom is -0.0838 e. The fraction of sp³-hybridized carbons (Fsp3) is 0.692. The molecule has 0 aromatic rings. The van der Waals surface area contributed by atoms with Gasteiger partial charge >= 0.3 is 0 Å². The normalized spacial score (nSPS) is 47.2. The van der Waals surface area contributed by atoms with Crippen LogP contribution < -0.4 is 0 Å². The summed E-state index contributed by atoms with van der Waals surface area (Å²) in [5.41, 5.74) is 4.54. The molecule has 1 fully saturated rings. The topological polar surface area (TPSA) is 0 Å². The molecule has 0 aromatic heterocycles. The molecular formula is C13H18.